The normalized spacial score (nSPS) is 11.6. The molecule has 0 spiro atoms. The molecule has 0 fully saturated rings. The molecule has 92 valence electrons. The minimum atomic E-state index is 0.294. The van der Waals surface area contributed by atoms with Crippen molar-refractivity contribution in [3.8, 4) is 0 Å². The Bertz CT molecular complexity index is 721. The molecule has 0 saturated heterocycles. The maximum Gasteiger partial charge on any atom is 0.196 e. The van der Waals surface area contributed by atoms with E-state index in [4.69, 9.17) is 4.42 Å². The Morgan fingerprint density at radius 1 is 1.28 bits per heavy atom. The Balaban J connectivity index is 2.32. The van der Waals surface area contributed by atoms with Crippen LogP contribution in [-0.2, 0) is 0 Å². The SMILES string of the molecule is CC(C)Nc1ncnc2c1oc1ccc(Br)cc12. The molecule has 0 atom stereocenters. The van der Waals surface area contributed by atoms with Crippen molar-refractivity contribution in [2.75, 3.05) is 5.32 Å². The van der Waals surface area contributed by atoms with Gasteiger partial charge in [-0.15, -0.1) is 0 Å². The van der Waals surface area contributed by atoms with Gasteiger partial charge in [-0.1, -0.05) is 15.9 Å². The molecule has 2 heterocycles. The van der Waals surface area contributed by atoms with Crippen LogP contribution in [0.25, 0.3) is 22.1 Å². The van der Waals surface area contributed by atoms with Gasteiger partial charge in [0.15, 0.2) is 11.4 Å². The largest absolute Gasteiger partial charge is 0.450 e. The summed E-state index contributed by atoms with van der Waals surface area (Å²) in [5.74, 6) is 0.738. The Morgan fingerprint density at radius 2 is 2.11 bits per heavy atom. The molecule has 1 N–H and O–H groups in total. The third kappa shape index (κ3) is 1.84. The molecule has 0 unspecified atom stereocenters. The number of anilines is 1. The van der Waals surface area contributed by atoms with Gasteiger partial charge in [-0.25, -0.2) is 9.97 Å². The predicted octanol–water partition coefficient (Wildman–Crippen LogP) is 3.96. The molecule has 3 aromatic rings. The molecule has 0 bridgehead atoms. The fraction of sp³-hybridized carbons (Fsp3) is 0.231. The van der Waals surface area contributed by atoms with Gasteiger partial charge >= 0.3 is 0 Å². The smallest absolute Gasteiger partial charge is 0.196 e. The van der Waals surface area contributed by atoms with Crippen molar-refractivity contribution in [2.24, 2.45) is 0 Å². The average Bonchev–Trinajstić information content (AvgIpc) is 2.68. The zero-order valence-corrected chi connectivity index (χ0v) is 11.7. The van der Waals surface area contributed by atoms with Gasteiger partial charge in [-0.3, -0.25) is 0 Å². The molecule has 2 aromatic heterocycles. The van der Waals surface area contributed by atoms with Gasteiger partial charge in [0.1, 0.15) is 17.4 Å². The topological polar surface area (TPSA) is 51.0 Å². The van der Waals surface area contributed by atoms with Crippen LogP contribution in [0.1, 0.15) is 13.8 Å². The predicted molar refractivity (Wildman–Crippen MR) is 75.8 cm³/mol. The third-order valence-electron chi connectivity index (χ3n) is 2.64. The number of furan rings is 1. The van der Waals surface area contributed by atoms with Crippen LogP contribution in [0.4, 0.5) is 5.82 Å². The Kier molecular flexibility index (Phi) is 2.70. The second-order valence-corrected chi connectivity index (χ2v) is 5.36. The number of nitrogens with zero attached hydrogens (tertiary/aromatic N) is 2. The minimum absolute atomic E-state index is 0.294. The zero-order chi connectivity index (χ0) is 12.7. The van der Waals surface area contributed by atoms with Crippen LogP contribution in [0.15, 0.2) is 33.4 Å². The average molecular weight is 306 g/mol. The lowest BCUT2D eigenvalue weighted by Gasteiger charge is -2.07. The highest BCUT2D eigenvalue weighted by Gasteiger charge is 2.13. The van der Waals surface area contributed by atoms with Gasteiger partial charge in [0.25, 0.3) is 0 Å². The molecule has 5 heteroatoms. The molecule has 18 heavy (non-hydrogen) atoms. The van der Waals surface area contributed by atoms with E-state index in [9.17, 15) is 0 Å². The van der Waals surface area contributed by atoms with Crippen LogP contribution in [0.2, 0.25) is 0 Å². The lowest BCUT2D eigenvalue weighted by Crippen LogP contribution is -2.11. The number of hydrogen-bond donors (Lipinski definition) is 1. The molecule has 0 aliphatic rings. The highest BCUT2D eigenvalue weighted by atomic mass is 79.9. The molecule has 0 aliphatic carbocycles. The quantitative estimate of drug-likeness (QED) is 0.778. The van der Waals surface area contributed by atoms with Crippen LogP contribution < -0.4 is 5.32 Å². The summed E-state index contributed by atoms with van der Waals surface area (Å²) in [5.41, 5.74) is 2.37. The van der Waals surface area contributed by atoms with E-state index in [1.807, 2.05) is 18.2 Å². The van der Waals surface area contributed by atoms with Gasteiger partial charge in [0.05, 0.1) is 0 Å². The maximum absolute atomic E-state index is 5.83. The van der Waals surface area contributed by atoms with Gasteiger partial charge in [0, 0.05) is 15.9 Å². The van der Waals surface area contributed by atoms with Crippen molar-refractivity contribution in [2.45, 2.75) is 19.9 Å². The highest BCUT2D eigenvalue weighted by molar-refractivity contribution is 9.10. The number of rotatable bonds is 2. The van der Waals surface area contributed by atoms with Gasteiger partial charge in [-0.2, -0.15) is 0 Å². The lowest BCUT2D eigenvalue weighted by atomic mass is 10.2. The van der Waals surface area contributed by atoms with Gasteiger partial charge < -0.3 is 9.73 Å². The first-order valence-electron chi connectivity index (χ1n) is 5.74. The van der Waals surface area contributed by atoms with E-state index in [0.29, 0.717) is 11.6 Å². The summed E-state index contributed by atoms with van der Waals surface area (Å²) in [4.78, 5) is 8.55. The number of aromatic nitrogens is 2. The Hall–Kier alpha value is -1.62. The van der Waals surface area contributed by atoms with Gasteiger partial charge in [0.2, 0.25) is 0 Å². The number of halogens is 1. The molecular weight excluding hydrogens is 294 g/mol. The number of benzene rings is 1. The Morgan fingerprint density at radius 3 is 2.89 bits per heavy atom. The summed E-state index contributed by atoms with van der Waals surface area (Å²) in [5, 5.41) is 4.26. The summed E-state index contributed by atoms with van der Waals surface area (Å²) >= 11 is 3.46. The Labute approximate surface area is 113 Å². The van der Waals surface area contributed by atoms with Crippen molar-refractivity contribution in [1.29, 1.82) is 0 Å². The van der Waals surface area contributed by atoms with E-state index >= 15 is 0 Å². The summed E-state index contributed by atoms with van der Waals surface area (Å²) in [6, 6.07) is 6.18. The second kappa shape index (κ2) is 4.24. The fourth-order valence-electron chi connectivity index (χ4n) is 1.92. The number of fused-ring (bicyclic) bond motifs is 3. The molecule has 4 nitrogen and oxygen atoms in total. The van der Waals surface area contributed by atoms with E-state index in [0.717, 1.165) is 26.8 Å². The summed E-state index contributed by atoms with van der Waals surface area (Å²) in [6.07, 6.45) is 1.56. The van der Waals surface area contributed by atoms with E-state index < -0.39 is 0 Å². The first-order chi connectivity index (χ1) is 8.65. The van der Waals surface area contributed by atoms with E-state index in [-0.39, 0.29) is 0 Å². The molecule has 1 aromatic carbocycles. The third-order valence-corrected chi connectivity index (χ3v) is 3.13. The minimum Gasteiger partial charge on any atom is -0.450 e. The van der Waals surface area contributed by atoms with Crippen LogP contribution >= 0.6 is 15.9 Å². The molecule has 0 radical (unpaired) electrons. The van der Waals surface area contributed by atoms with Crippen molar-refractivity contribution in [3.63, 3.8) is 0 Å². The van der Waals surface area contributed by atoms with Crippen molar-refractivity contribution in [1.82, 2.24) is 9.97 Å². The van der Waals surface area contributed by atoms with E-state index in [1.165, 1.54) is 0 Å². The monoisotopic (exact) mass is 305 g/mol. The van der Waals surface area contributed by atoms with Crippen molar-refractivity contribution in [3.05, 3.63) is 29.0 Å². The molecule has 0 saturated carbocycles. The van der Waals surface area contributed by atoms with E-state index in [1.54, 1.807) is 6.33 Å². The van der Waals surface area contributed by atoms with Crippen LogP contribution in [0.5, 0.6) is 0 Å². The molecule has 0 aliphatic heterocycles. The van der Waals surface area contributed by atoms with Crippen LogP contribution in [0, 0.1) is 0 Å². The zero-order valence-electron chi connectivity index (χ0n) is 10.1. The number of hydrogen-bond acceptors (Lipinski definition) is 4. The molecule has 3 rings (SSSR count). The summed E-state index contributed by atoms with van der Waals surface area (Å²) in [6.45, 7) is 4.13. The van der Waals surface area contributed by atoms with Crippen LogP contribution in [0.3, 0.4) is 0 Å². The first-order valence-corrected chi connectivity index (χ1v) is 6.54. The first kappa shape index (κ1) is 11.5. The highest BCUT2D eigenvalue weighted by Crippen LogP contribution is 2.32. The lowest BCUT2D eigenvalue weighted by molar-refractivity contribution is 0.665. The van der Waals surface area contributed by atoms with Crippen LogP contribution in [-0.4, -0.2) is 16.0 Å². The molecule has 0 amide bonds. The fourth-order valence-corrected chi connectivity index (χ4v) is 2.29. The number of nitrogens with one attached hydrogen (secondary N) is 1. The van der Waals surface area contributed by atoms with E-state index in [2.05, 4.69) is 45.1 Å². The maximum atomic E-state index is 5.83. The summed E-state index contributed by atoms with van der Waals surface area (Å²) < 4.78 is 6.84. The second-order valence-electron chi connectivity index (χ2n) is 4.44. The molecular formula is C13H12BrN3O. The van der Waals surface area contributed by atoms with Crippen molar-refractivity contribution >= 4 is 43.8 Å². The summed E-state index contributed by atoms with van der Waals surface area (Å²) in [7, 11) is 0. The van der Waals surface area contributed by atoms with Gasteiger partial charge in [-0.05, 0) is 32.0 Å². The standard InChI is InChI=1S/C13H12BrN3O/c1-7(2)17-13-12-11(15-6-16-13)9-5-8(14)3-4-10(9)18-12/h3-7H,1-2H3,(H,15,16,17). The van der Waals surface area contributed by atoms with Crippen molar-refractivity contribution < 1.29 is 4.42 Å².